The molecule has 0 aliphatic rings. The number of esters is 1. The molecule has 0 aliphatic carbocycles. The van der Waals surface area contributed by atoms with Gasteiger partial charge in [-0.25, -0.2) is 4.79 Å². The zero-order valence-corrected chi connectivity index (χ0v) is 14.5. The van der Waals surface area contributed by atoms with E-state index in [-0.39, 0.29) is 5.91 Å². The maximum absolute atomic E-state index is 12.2. The van der Waals surface area contributed by atoms with Crippen LogP contribution in [-0.2, 0) is 9.53 Å². The van der Waals surface area contributed by atoms with Gasteiger partial charge in [-0.3, -0.25) is 4.79 Å². The molecule has 0 spiro atoms. The van der Waals surface area contributed by atoms with Crippen LogP contribution in [0.5, 0.6) is 0 Å². The van der Waals surface area contributed by atoms with Crippen LogP contribution in [0.25, 0.3) is 10.9 Å². The van der Waals surface area contributed by atoms with E-state index >= 15 is 0 Å². The molecule has 0 bridgehead atoms. The number of ether oxygens (including phenoxy) is 1. The highest BCUT2D eigenvalue weighted by Gasteiger charge is 2.20. The molecule has 24 heavy (non-hydrogen) atoms. The molecule has 1 aromatic heterocycles. The molecule has 5 nitrogen and oxygen atoms in total. The lowest BCUT2D eigenvalue weighted by Crippen LogP contribution is -2.30. The van der Waals surface area contributed by atoms with Crippen molar-refractivity contribution in [2.24, 2.45) is 0 Å². The van der Waals surface area contributed by atoms with Gasteiger partial charge in [-0.15, -0.1) is 0 Å². The summed E-state index contributed by atoms with van der Waals surface area (Å²) in [7, 11) is 0. The fourth-order valence-electron chi connectivity index (χ4n) is 2.24. The number of aromatic nitrogens is 1. The van der Waals surface area contributed by atoms with Gasteiger partial charge in [0.1, 0.15) is 5.69 Å². The second kappa shape index (κ2) is 6.88. The predicted molar refractivity (Wildman–Crippen MR) is 95.9 cm³/mol. The fourth-order valence-corrected chi connectivity index (χ4v) is 2.50. The van der Waals surface area contributed by atoms with E-state index in [4.69, 9.17) is 4.74 Å². The summed E-state index contributed by atoms with van der Waals surface area (Å²) in [6, 6.07) is 16.4. The van der Waals surface area contributed by atoms with Crippen LogP contribution in [0.1, 0.15) is 17.4 Å². The molecule has 2 aromatic carbocycles. The number of rotatable bonds is 4. The van der Waals surface area contributed by atoms with Crippen molar-refractivity contribution in [1.29, 1.82) is 0 Å². The smallest absolute Gasteiger partial charge is 0.355 e. The Morgan fingerprint density at radius 3 is 2.54 bits per heavy atom. The van der Waals surface area contributed by atoms with E-state index in [9.17, 15) is 9.59 Å². The highest BCUT2D eigenvalue weighted by Crippen LogP contribution is 2.17. The Hall–Kier alpha value is -2.60. The van der Waals surface area contributed by atoms with Gasteiger partial charge in [0, 0.05) is 21.1 Å². The second-order valence-corrected chi connectivity index (χ2v) is 6.23. The Labute approximate surface area is 147 Å². The first-order valence-corrected chi connectivity index (χ1v) is 8.17. The summed E-state index contributed by atoms with van der Waals surface area (Å²) in [5, 5.41) is 3.62. The summed E-state index contributed by atoms with van der Waals surface area (Å²) in [6.07, 6.45) is -0.910. The molecule has 0 unspecified atom stereocenters. The first-order chi connectivity index (χ1) is 11.5. The largest absolute Gasteiger partial charge is 0.448 e. The number of nitrogens with one attached hydrogen (secondary N) is 2. The summed E-state index contributed by atoms with van der Waals surface area (Å²) in [5.41, 5.74) is 1.80. The molecule has 3 aromatic rings. The van der Waals surface area contributed by atoms with Crippen LogP contribution in [0.3, 0.4) is 0 Å². The van der Waals surface area contributed by atoms with Gasteiger partial charge in [0.2, 0.25) is 0 Å². The standard InChI is InChI=1S/C18H15BrN2O3/c1-11(17(22)20-14-8-6-13(19)7-9-14)24-18(23)16-10-12-4-2-3-5-15(12)21-16/h2-11,21H,1H3,(H,20,22)/t11-/m0/s1. The number of amides is 1. The number of H-pyrrole nitrogens is 1. The summed E-state index contributed by atoms with van der Waals surface area (Å²) < 4.78 is 6.15. The number of hydrogen-bond acceptors (Lipinski definition) is 3. The Bertz CT molecular complexity index is 854. The number of carbonyl (C=O) groups excluding carboxylic acids is 2. The zero-order valence-electron chi connectivity index (χ0n) is 12.9. The molecule has 0 saturated heterocycles. The van der Waals surface area contributed by atoms with Crippen LogP contribution >= 0.6 is 15.9 Å². The molecule has 2 N–H and O–H groups in total. The van der Waals surface area contributed by atoms with Crippen LogP contribution in [0, 0.1) is 0 Å². The van der Waals surface area contributed by atoms with E-state index in [0.29, 0.717) is 11.4 Å². The highest BCUT2D eigenvalue weighted by atomic mass is 79.9. The van der Waals surface area contributed by atoms with Crippen molar-refractivity contribution >= 4 is 44.4 Å². The summed E-state index contributed by atoms with van der Waals surface area (Å²) in [5.74, 6) is -0.952. The van der Waals surface area contributed by atoms with Gasteiger partial charge >= 0.3 is 5.97 Å². The molecular weight excluding hydrogens is 372 g/mol. The van der Waals surface area contributed by atoms with Crippen molar-refractivity contribution in [2.45, 2.75) is 13.0 Å². The molecule has 6 heteroatoms. The Kier molecular flexibility index (Phi) is 4.66. The lowest BCUT2D eigenvalue weighted by atomic mass is 10.2. The molecule has 0 saturated carbocycles. The van der Waals surface area contributed by atoms with E-state index in [1.807, 2.05) is 36.4 Å². The van der Waals surface area contributed by atoms with E-state index in [0.717, 1.165) is 15.4 Å². The number of anilines is 1. The molecule has 1 atom stereocenters. The molecule has 3 rings (SSSR count). The summed E-state index contributed by atoms with van der Waals surface area (Å²) in [6.45, 7) is 1.54. The van der Waals surface area contributed by atoms with Crippen LogP contribution in [-0.4, -0.2) is 23.0 Å². The average Bonchev–Trinajstić information content (AvgIpc) is 3.01. The normalized spacial score (nSPS) is 11.9. The number of carbonyl (C=O) groups is 2. The third-order valence-corrected chi connectivity index (χ3v) is 4.04. The monoisotopic (exact) mass is 386 g/mol. The number of fused-ring (bicyclic) bond motifs is 1. The highest BCUT2D eigenvalue weighted by molar-refractivity contribution is 9.10. The fraction of sp³-hybridized carbons (Fsp3) is 0.111. The minimum Gasteiger partial charge on any atom is -0.448 e. The van der Waals surface area contributed by atoms with E-state index in [2.05, 4.69) is 26.2 Å². The van der Waals surface area contributed by atoms with Crippen molar-refractivity contribution in [3.8, 4) is 0 Å². The van der Waals surface area contributed by atoms with Gasteiger partial charge in [0.15, 0.2) is 6.10 Å². The Balaban J connectivity index is 1.64. The lowest BCUT2D eigenvalue weighted by molar-refractivity contribution is -0.123. The molecular formula is C18H15BrN2O3. The predicted octanol–water partition coefficient (Wildman–Crippen LogP) is 4.11. The van der Waals surface area contributed by atoms with E-state index in [1.54, 1.807) is 18.2 Å². The topological polar surface area (TPSA) is 71.2 Å². The zero-order chi connectivity index (χ0) is 17.1. The Morgan fingerprint density at radius 1 is 1.12 bits per heavy atom. The molecule has 0 fully saturated rings. The first-order valence-electron chi connectivity index (χ1n) is 7.38. The molecule has 122 valence electrons. The maximum atomic E-state index is 12.2. The number of para-hydroxylation sites is 1. The van der Waals surface area contributed by atoms with Crippen molar-refractivity contribution in [1.82, 2.24) is 4.98 Å². The van der Waals surface area contributed by atoms with Gasteiger partial charge in [0.05, 0.1) is 0 Å². The van der Waals surface area contributed by atoms with Gasteiger partial charge in [0.25, 0.3) is 5.91 Å². The number of benzene rings is 2. The van der Waals surface area contributed by atoms with Crippen LogP contribution in [0.2, 0.25) is 0 Å². The SMILES string of the molecule is C[C@H](OC(=O)c1cc2ccccc2[nH]1)C(=O)Nc1ccc(Br)cc1. The third kappa shape index (κ3) is 3.65. The van der Waals surface area contributed by atoms with Crippen LogP contribution in [0.4, 0.5) is 5.69 Å². The third-order valence-electron chi connectivity index (χ3n) is 3.51. The van der Waals surface area contributed by atoms with Crippen molar-refractivity contribution in [3.63, 3.8) is 0 Å². The van der Waals surface area contributed by atoms with E-state index < -0.39 is 12.1 Å². The first kappa shape index (κ1) is 16.3. The second-order valence-electron chi connectivity index (χ2n) is 5.31. The van der Waals surface area contributed by atoms with Crippen LogP contribution in [0.15, 0.2) is 59.1 Å². The quantitative estimate of drug-likeness (QED) is 0.662. The van der Waals surface area contributed by atoms with Crippen molar-refractivity contribution in [2.75, 3.05) is 5.32 Å². The van der Waals surface area contributed by atoms with E-state index in [1.165, 1.54) is 6.92 Å². The van der Waals surface area contributed by atoms with Crippen molar-refractivity contribution < 1.29 is 14.3 Å². The lowest BCUT2D eigenvalue weighted by Gasteiger charge is -2.13. The Morgan fingerprint density at radius 2 is 1.83 bits per heavy atom. The van der Waals surface area contributed by atoms with Crippen LogP contribution < -0.4 is 5.32 Å². The minimum atomic E-state index is -0.910. The van der Waals surface area contributed by atoms with Crippen molar-refractivity contribution in [3.05, 3.63) is 64.8 Å². The number of hydrogen-bond donors (Lipinski definition) is 2. The molecule has 1 amide bonds. The minimum absolute atomic E-state index is 0.319. The van der Waals surface area contributed by atoms with Gasteiger partial charge < -0.3 is 15.0 Å². The molecule has 0 radical (unpaired) electrons. The summed E-state index contributed by atoms with van der Waals surface area (Å²) in [4.78, 5) is 27.3. The van der Waals surface area contributed by atoms with Gasteiger partial charge in [-0.1, -0.05) is 34.1 Å². The average molecular weight is 387 g/mol. The number of halogens is 1. The van der Waals surface area contributed by atoms with Gasteiger partial charge in [-0.05, 0) is 43.3 Å². The van der Waals surface area contributed by atoms with Gasteiger partial charge in [-0.2, -0.15) is 0 Å². The number of aromatic amines is 1. The summed E-state index contributed by atoms with van der Waals surface area (Å²) >= 11 is 3.33. The molecule has 0 aliphatic heterocycles. The maximum Gasteiger partial charge on any atom is 0.355 e. The molecule has 1 heterocycles.